The molecule has 0 unspecified atom stereocenters. The maximum atomic E-state index is 12.8. The average molecular weight is 389 g/mol. The molecular formula is C22H19N3O2S. The Balaban J connectivity index is 1.77. The van der Waals surface area contributed by atoms with Gasteiger partial charge in [0.15, 0.2) is 0 Å². The zero-order valence-electron chi connectivity index (χ0n) is 15.4. The van der Waals surface area contributed by atoms with Crippen LogP contribution in [0.5, 0.6) is 0 Å². The van der Waals surface area contributed by atoms with Crippen molar-refractivity contribution in [2.75, 3.05) is 11.9 Å². The van der Waals surface area contributed by atoms with E-state index in [-0.39, 0.29) is 18.4 Å². The fourth-order valence-corrected chi connectivity index (χ4v) is 3.70. The molecule has 140 valence electrons. The first kappa shape index (κ1) is 19.3. The molecule has 0 aliphatic carbocycles. The minimum atomic E-state index is -0.334. The zero-order chi connectivity index (χ0) is 19.9. The van der Waals surface area contributed by atoms with Crippen LogP contribution in [0.15, 0.2) is 54.6 Å². The predicted octanol–water partition coefficient (Wildman–Crippen LogP) is 3.66. The van der Waals surface area contributed by atoms with E-state index in [1.54, 1.807) is 24.3 Å². The molecular weight excluding hydrogens is 370 g/mol. The van der Waals surface area contributed by atoms with E-state index in [2.05, 4.69) is 21.5 Å². The van der Waals surface area contributed by atoms with Crippen LogP contribution in [0.2, 0.25) is 0 Å². The van der Waals surface area contributed by atoms with Crippen molar-refractivity contribution in [3.05, 3.63) is 81.3 Å². The molecule has 3 aromatic rings. The van der Waals surface area contributed by atoms with E-state index in [4.69, 9.17) is 6.42 Å². The third-order valence-electron chi connectivity index (χ3n) is 4.02. The number of rotatable bonds is 6. The van der Waals surface area contributed by atoms with Crippen LogP contribution in [0.25, 0.3) is 0 Å². The molecule has 0 saturated heterocycles. The Morgan fingerprint density at radius 3 is 2.54 bits per heavy atom. The number of nitrogens with zero attached hydrogens (tertiary/aromatic N) is 1. The van der Waals surface area contributed by atoms with Gasteiger partial charge in [0, 0.05) is 6.42 Å². The number of nitrogens with one attached hydrogen (secondary N) is 2. The number of terminal acetylenes is 1. The fraction of sp³-hybridized carbons (Fsp3) is 0.136. The number of aryl methyl sites for hydroxylation is 1. The molecule has 0 aliphatic rings. The van der Waals surface area contributed by atoms with E-state index in [0.29, 0.717) is 28.2 Å². The number of thiazole rings is 1. The number of aromatic nitrogens is 1. The van der Waals surface area contributed by atoms with E-state index in [1.807, 2.05) is 37.3 Å². The highest BCUT2D eigenvalue weighted by Gasteiger charge is 2.18. The van der Waals surface area contributed by atoms with Crippen molar-refractivity contribution in [1.82, 2.24) is 10.3 Å². The molecule has 1 aromatic heterocycles. The number of hydrogen-bond acceptors (Lipinski definition) is 4. The standard InChI is InChI=1S/C22H19N3O2S/c1-3-13-23-21(26)17-11-7-8-12-18(17)25-22(27)20-15(2)24-19(28-20)14-16-9-5-4-6-10-16/h1,4-12H,13-14H2,2H3,(H,23,26)(H,25,27). The van der Waals surface area contributed by atoms with Crippen LogP contribution in [0.4, 0.5) is 5.69 Å². The van der Waals surface area contributed by atoms with Gasteiger partial charge in [-0.15, -0.1) is 17.8 Å². The van der Waals surface area contributed by atoms with E-state index < -0.39 is 0 Å². The monoisotopic (exact) mass is 389 g/mol. The van der Waals surface area contributed by atoms with E-state index in [1.165, 1.54) is 11.3 Å². The van der Waals surface area contributed by atoms with Crippen molar-refractivity contribution in [3.63, 3.8) is 0 Å². The molecule has 0 radical (unpaired) electrons. The second-order valence-electron chi connectivity index (χ2n) is 6.07. The number of amides is 2. The maximum Gasteiger partial charge on any atom is 0.267 e. The van der Waals surface area contributed by atoms with Crippen molar-refractivity contribution < 1.29 is 9.59 Å². The van der Waals surface area contributed by atoms with Crippen molar-refractivity contribution in [2.45, 2.75) is 13.3 Å². The Bertz CT molecular complexity index is 1040. The summed E-state index contributed by atoms with van der Waals surface area (Å²) >= 11 is 1.36. The average Bonchev–Trinajstić information content (AvgIpc) is 3.07. The van der Waals surface area contributed by atoms with Gasteiger partial charge in [-0.1, -0.05) is 48.4 Å². The van der Waals surface area contributed by atoms with Gasteiger partial charge in [0.05, 0.1) is 28.5 Å². The molecule has 28 heavy (non-hydrogen) atoms. The lowest BCUT2D eigenvalue weighted by Crippen LogP contribution is -2.25. The lowest BCUT2D eigenvalue weighted by molar-refractivity contribution is 0.0959. The first-order chi connectivity index (χ1) is 13.6. The Morgan fingerprint density at radius 1 is 1.07 bits per heavy atom. The van der Waals surface area contributed by atoms with Crippen molar-refractivity contribution in [3.8, 4) is 12.3 Å². The molecule has 0 aliphatic heterocycles. The molecule has 1 heterocycles. The summed E-state index contributed by atoms with van der Waals surface area (Å²) in [5, 5.41) is 6.30. The van der Waals surface area contributed by atoms with Crippen molar-refractivity contribution >= 4 is 28.8 Å². The van der Waals surface area contributed by atoms with Crippen molar-refractivity contribution in [2.24, 2.45) is 0 Å². The molecule has 2 aromatic carbocycles. The van der Waals surface area contributed by atoms with E-state index in [9.17, 15) is 9.59 Å². The Hall–Kier alpha value is -3.43. The minimum Gasteiger partial charge on any atom is -0.341 e. The van der Waals surface area contributed by atoms with Gasteiger partial charge in [0.2, 0.25) is 0 Å². The summed E-state index contributed by atoms with van der Waals surface area (Å²) in [7, 11) is 0. The van der Waals surface area contributed by atoms with Crippen LogP contribution >= 0.6 is 11.3 Å². The lowest BCUT2D eigenvalue weighted by atomic mass is 10.1. The molecule has 2 N–H and O–H groups in total. The quantitative estimate of drug-likeness (QED) is 0.632. The minimum absolute atomic E-state index is 0.123. The van der Waals surface area contributed by atoms with Gasteiger partial charge in [-0.2, -0.15) is 0 Å². The third-order valence-corrected chi connectivity index (χ3v) is 5.17. The lowest BCUT2D eigenvalue weighted by Gasteiger charge is -2.10. The SMILES string of the molecule is C#CCNC(=O)c1ccccc1NC(=O)c1sc(Cc2ccccc2)nc1C. The van der Waals surface area contributed by atoms with Gasteiger partial charge < -0.3 is 10.6 Å². The van der Waals surface area contributed by atoms with Gasteiger partial charge in [0.1, 0.15) is 4.88 Å². The zero-order valence-corrected chi connectivity index (χ0v) is 16.2. The summed E-state index contributed by atoms with van der Waals surface area (Å²) in [5.74, 6) is 1.74. The van der Waals surface area contributed by atoms with Gasteiger partial charge >= 0.3 is 0 Å². The number of carbonyl (C=O) groups excluding carboxylic acids is 2. The first-order valence-corrected chi connectivity index (χ1v) is 9.52. The van der Waals surface area contributed by atoms with Crippen LogP contribution in [0, 0.1) is 19.3 Å². The highest BCUT2D eigenvalue weighted by atomic mass is 32.1. The second-order valence-corrected chi connectivity index (χ2v) is 7.15. The maximum absolute atomic E-state index is 12.8. The number of para-hydroxylation sites is 1. The van der Waals surface area contributed by atoms with Crippen LogP contribution in [-0.4, -0.2) is 23.3 Å². The number of hydrogen-bond donors (Lipinski definition) is 2. The first-order valence-electron chi connectivity index (χ1n) is 8.70. The van der Waals surface area contributed by atoms with Gasteiger partial charge in [-0.25, -0.2) is 4.98 Å². The van der Waals surface area contributed by atoms with Crippen molar-refractivity contribution in [1.29, 1.82) is 0 Å². The molecule has 3 rings (SSSR count). The van der Waals surface area contributed by atoms with Crippen LogP contribution in [-0.2, 0) is 6.42 Å². The Morgan fingerprint density at radius 2 is 1.79 bits per heavy atom. The summed E-state index contributed by atoms with van der Waals surface area (Å²) in [6.07, 6.45) is 5.86. The van der Waals surface area contributed by atoms with E-state index >= 15 is 0 Å². The summed E-state index contributed by atoms with van der Waals surface area (Å²) in [6.45, 7) is 1.93. The Kier molecular flexibility index (Phi) is 6.20. The second kappa shape index (κ2) is 8.98. The number of carbonyl (C=O) groups is 2. The summed E-state index contributed by atoms with van der Waals surface area (Å²) in [6, 6.07) is 16.8. The van der Waals surface area contributed by atoms with Gasteiger partial charge in [-0.3, -0.25) is 9.59 Å². The third kappa shape index (κ3) is 4.64. The molecule has 2 amide bonds. The van der Waals surface area contributed by atoms with Crippen LogP contribution in [0.1, 0.15) is 36.3 Å². The normalized spacial score (nSPS) is 10.1. The highest BCUT2D eigenvalue weighted by Crippen LogP contribution is 2.23. The highest BCUT2D eigenvalue weighted by molar-refractivity contribution is 7.14. The topological polar surface area (TPSA) is 71.1 Å². The smallest absolute Gasteiger partial charge is 0.267 e. The summed E-state index contributed by atoms with van der Waals surface area (Å²) < 4.78 is 0. The molecule has 5 nitrogen and oxygen atoms in total. The molecule has 0 bridgehead atoms. The molecule has 0 fully saturated rings. The Labute approximate surface area is 167 Å². The summed E-state index contributed by atoms with van der Waals surface area (Å²) in [4.78, 5) is 30.1. The van der Waals surface area contributed by atoms with Gasteiger partial charge in [0.25, 0.3) is 11.8 Å². The largest absolute Gasteiger partial charge is 0.341 e. The predicted molar refractivity (Wildman–Crippen MR) is 112 cm³/mol. The molecule has 0 atom stereocenters. The van der Waals surface area contributed by atoms with E-state index in [0.717, 1.165) is 10.6 Å². The number of anilines is 1. The summed E-state index contributed by atoms with van der Waals surface area (Å²) in [5.41, 5.74) is 2.60. The fourth-order valence-electron chi connectivity index (χ4n) is 2.70. The molecule has 0 spiro atoms. The molecule has 6 heteroatoms. The van der Waals surface area contributed by atoms with Crippen LogP contribution < -0.4 is 10.6 Å². The number of benzene rings is 2. The van der Waals surface area contributed by atoms with Gasteiger partial charge in [-0.05, 0) is 24.6 Å². The van der Waals surface area contributed by atoms with Crippen LogP contribution in [0.3, 0.4) is 0 Å². The molecule has 0 saturated carbocycles.